The number of aliphatic hydroxyl groups excluding tert-OH is 2. The summed E-state index contributed by atoms with van der Waals surface area (Å²) in [7, 11) is 0. The van der Waals surface area contributed by atoms with Gasteiger partial charge in [-0.1, -0.05) is 12.1 Å². The Labute approximate surface area is 208 Å². The van der Waals surface area contributed by atoms with E-state index in [1.54, 1.807) is 0 Å². The molecule has 0 bridgehead atoms. The first-order chi connectivity index (χ1) is 17.4. The number of carbonyl (C=O) groups excluding carboxylic acids is 5. The van der Waals surface area contributed by atoms with Crippen LogP contribution in [0, 0.1) is 0 Å². The number of benzene rings is 2. The van der Waals surface area contributed by atoms with Gasteiger partial charge in [-0.05, 0) is 62.8 Å². The molecule has 0 saturated heterocycles. The van der Waals surface area contributed by atoms with Crippen molar-refractivity contribution in [3.63, 3.8) is 0 Å². The number of unbranched alkanes of at least 4 members (excludes halogenated alkanes) is 4. The molecule has 0 spiro atoms. The van der Waals surface area contributed by atoms with Crippen molar-refractivity contribution in [3.05, 3.63) is 69.8 Å². The first kappa shape index (κ1) is 25.4. The van der Waals surface area contributed by atoms with Gasteiger partial charge in [-0.25, -0.2) is 0 Å². The number of fused-ring (bicyclic) bond motifs is 2. The minimum absolute atomic E-state index is 0.0543. The molecule has 2 aliphatic rings. The summed E-state index contributed by atoms with van der Waals surface area (Å²) >= 11 is 0. The largest absolute Gasteiger partial charge is 0.396 e. The molecule has 0 unspecified atom stereocenters. The second-order valence-corrected chi connectivity index (χ2v) is 8.94. The highest BCUT2D eigenvalue weighted by Crippen LogP contribution is 2.28. The molecule has 2 aromatic rings. The summed E-state index contributed by atoms with van der Waals surface area (Å²) in [4.78, 5) is 66.5. The van der Waals surface area contributed by atoms with Gasteiger partial charge in [0.25, 0.3) is 23.6 Å². The molecule has 4 amide bonds. The summed E-state index contributed by atoms with van der Waals surface area (Å²) in [6.07, 6.45) is 3.73. The standard InChI is InChI=1S/C27H28N2O7/c30-13-5-1-3-11-28-24(33)19-9-7-17(15-21(19)26(28)35)23(32)18-8-10-20-22(16-18)27(36)29(25(20)34)12-4-2-6-14-31/h7-10,15-16,30-31H,1-6,11-14H2. The first-order valence-corrected chi connectivity index (χ1v) is 12.2. The lowest BCUT2D eigenvalue weighted by Crippen LogP contribution is -2.30. The van der Waals surface area contributed by atoms with E-state index in [0.717, 1.165) is 9.80 Å². The fourth-order valence-electron chi connectivity index (χ4n) is 4.55. The van der Waals surface area contributed by atoms with Crippen molar-refractivity contribution in [1.29, 1.82) is 0 Å². The summed E-state index contributed by atoms with van der Waals surface area (Å²) in [5, 5.41) is 17.8. The van der Waals surface area contributed by atoms with E-state index in [9.17, 15) is 24.0 Å². The molecule has 0 saturated carbocycles. The second-order valence-electron chi connectivity index (χ2n) is 8.94. The molecule has 2 N–H and O–H groups in total. The Kier molecular flexibility index (Phi) is 7.71. The molecule has 2 heterocycles. The number of hydrogen-bond donors (Lipinski definition) is 2. The Balaban J connectivity index is 1.51. The predicted molar refractivity (Wildman–Crippen MR) is 129 cm³/mol. The summed E-state index contributed by atoms with van der Waals surface area (Å²) < 4.78 is 0. The molecule has 188 valence electrons. The molecule has 2 aromatic carbocycles. The normalized spacial score (nSPS) is 14.6. The van der Waals surface area contributed by atoms with E-state index in [-0.39, 0.29) is 59.7 Å². The van der Waals surface area contributed by atoms with Crippen molar-refractivity contribution >= 4 is 29.4 Å². The van der Waals surface area contributed by atoms with Crippen molar-refractivity contribution < 1.29 is 34.2 Å². The Morgan fingerprint density at radius 2 is 0.944 bits per heavy atom. The van der Waals surface area contributed by atoms with Gasteiger partial charge < -0.3 is 10.2 Å². The summed E-state index contributed by atoms with van der Waals surface area (Å²) in [5.74, 6) is -2.15. The van der Waals surface area contributed by atoms with Crippen LogP contribution in [0.25, 0.3) is 0 Å². The Morgan fingerprint density at radius 3 is 1.33 bits per heavy atom. The van der Waals surface area contributed by atoms with Gasteiger partial charge >= 0.3 is 0 Å². The van der Waals surface area contributed by atoms with Crippen molar-refractivity contribution in [2.75, 3.05) is 26.3 Å². The molecule has 0 aliphatic carbocycles. The number of imide groups is 2. The van der Waals surface area contributed by atoms with Crippen molar-refractivity contribution in [2.24, 2.45) is 0 Å². The third-order valence-corrected chi connectivity index (χ3v) is 6.55. The molecule has 4 rings (SSSR count). The zero-order valence-corrected chi connectivity index (χ0v) is 19.9. The molecule has 0 fully saturated rings. The minimum Gasteiger partial charge on any atom is -0.396 e. The highest BCUT2D eigenvalue weighted by Gasteiger charge is 2.37. The molecule has 36 heavy (non-hydrogen) atoms. The number of carbonyl (C=O) groups is 5. The van der Waals surface area contributed by atoms with E-state index in [2.05, 4.69) is 0 Å². The van der Waals surface area contributed by atoms with E-state index >= 15 is 0 Å². The smallest absolute Gasteiger partial charge is 0.261 e. The maximum atomic E-state index is 13.2. The second kappa shape index (κ2) is 10.9. The van der Waals surface area contributed by atoms with E-state index in [1.807, 2.05) is 0 Å². The van der Waals surface area contributed by atoms with Gasteiger partial charge in [-0.2, -0.15) is 0 Å². The number of amides is 4. The van der Waals surface area contributed by atoms with Crippen LogP contribution >= 0.6 is 0 Å². The summed E-state index contributed by atoms with van der Waals surface area (Å²) in [6, 6.07) is 8.70. The summed E-state index contributed by atoms with van der Waals surface area (Å²) in [5.41, 5.74) is 1.21. The van der Waals surface area contributed by atoms with Crippen molar-refractivity contribution in [1.82, 2.24) is 9.80 Å². The zero-order chi connectivity index (χ0) is 25.8. The minimum atomic E-state index is -0.458. The van der Waals surface area contributed by atoms with Crippen LogP contribution in [0.4, 0.5) is 0 Å². The van der Waals surface area contributed by atoms with Crippen LogP contribution in [-0.4, -0.2) is 75.7 Å². The van der Waals surface area contributed by atoms with Gasteiger partial charge in [-0.15, -0.1) is 0 Å². The molecule has 9 heteroatoms. The lowest BCUT2D eigenvalue weighted by molar-refractivity contribution is 0.0635. The molecule has 0 radical (unpaired) electrons. The molecule has 0 aromatic heterocycles. The van der Waals surface area contributed by atoms with Crippen LogP contribution in [0.15, 0.2) is 36.4 Å². The predicted octanol–water partition coefficient (Wildman–Crippen LogP) is 2.43. The number of hydrogen-bond acceptors (Lipinski definition) is 7. The van der Waals surface area contributed by atoms with E-state index in [1.165, 1.54) is 36.4 Å². The maximum Gasteiger partial charge on any atom is 0.261 e. The van der Waals surface area contributed by atoms with Crippen LogP contribution in [0.2, 0.25) is 0 Å². The number of nitrogens with zero attached hydrogens (tertiary/aromatic N) is 2. The molecular weight excluding hydrogens is 464 g/mol. The number of aliphatic hydroxyl groups is 2. The Bertz CT molecular complexity index is 1140. The van der Waals surface area contributed by atoms with Gasteiger partial charge in [0.05, 0.1) is 22.3 Å². The van der Waals surface area contributed by atoms with Crippen LogP contribution in [0.1, 0.15) is 95.9 Å². The van der Waals surface area contributed by atoms with Gasteiger partial charge in [0, 0.05) is 37.4 Å². The Morgan fingerprint density at radius 1 is 0.556 bits per heavy atom. The van der Waals surface area contributed by atoms with Gasteiger partial charge in [0.1, 0.15) is 0 Å². The van der Waals surface area contributed by atoms with Crippen LogP contribution < -0.4 is 0 Å². The first-order valence-electron chi connectivity index (χ1n) is 12.2. The number of rotatable bonds is 12. The summed E-state index contributed by atoms with van der Waals surface area (Å²) in [6.45, 7) is 0.595. The van der Waals surface area contributed by atoms with Crippen LogP contribution in [0.3, 0.4) is 0 Å². The van der Waals surface area contributed by atoms with Gasteiger partial charge in [-0.3, -0.25) is 33.8 Å². The van der Waals surface area contributed by atoms with E-state index in [0.29, 0.717) is 38.5 Å². The van der Waals surface area contributed by atoms with Crippen LogP contribution in [0.5, 0.6) is 0 Å². The van der Waals surface area contributed by atoms with Crippen molar-refractivity contribution in [2.45, 2.75) is 38.5 Å². The third kappa shape index (κ3) is 4.72. The average molecular weight is 493 g/mol. The van der Waals surface area contributed by atoms with Crippen LogP contribution in [-0.2, 0) is 0 Å². The SMILES string of the molecule is O=C(c1ccc2c(c1)C(=O)N(CCCCCO)C2=O)c1ccc2c(c1)C(=O)N(CCCCCO)C2=O. The van der Waals surface area contributed by atoms with E-state index < -0.39 is 29.4 Å². The Hall–Kier alpha value is -3.69. The monoisotopic (exact) mass is 492 g/mol. The third-order valence-electron chi connectivity index (χ3n) is 6.55. The topological polar surface area (TPSA) is 132 Å². The fraction of sp³-hybridized carbons (Fsp3) is 0.370. The fourth-order valence-corrected chi connectivity index (χ4v) is 4.55. The highest BCUT2D eigenvalue weighted by atomic mass is 16.3. The lowest BCUT2D eigenvalue weighted by atomic mass is 9.96. The zero-order valence-electron chi connectivity index (χ0n) is 19.9. The molecule has 9 nitrogen and oxygen atoms in total. The highest BCUT2D eigenvalue weighted by molar-refractivity contribution is 6.24. The molecule has 2 aliphatic heterocycles. The van der Waals surface area contributed by atoms with Gasteiger partial charge in [0.2, 0.25) is 0 Å². The quantitative estimate of drug-likeness (QED) is 0.264. The number of ketones is 1. The van der Waals surface area contributed by atoms with E-state index in [4.69, 9.17) is 10.2 Å². The molecular formula is C27H28N2O7. The lowest BCUT2D eigenvalue weighted by Gasteiger charge is -2.13. The maximum absolute atomic E-state index is 13.2. The van der Waals surface area contributed by atoms with Gasteiger partial charge in [0.15, 0.2) is 5.78 Å². The van der Waals surface area contributed by atoms with Crippen molar-refractivity contribution in [3.8, 4) is 0 Å². The molecule has 0 atom stereocenters. The average Bonchev–Trinajstić information content (AvgIpc) is 3.27.